The average molecular weight is 253 g/mol. The normalized spacial score (nSPS) is 10.7. The van der Waals surface area contributed by atoms with Gasteiger partial charge in [-0.15, -0.1) is 0 Å². The molecule has 1 aromatic carbocycles. The molecular weight excluding hydrogens is 234 g/mol. The van der Waals surface area contributed by atoms with Gasteiger partial charge < -0.3 is 19.5 Å². The molecule has 0 heterocycles. The zero-order valence-electron chi connectivity index (χ0n) is 11.4. The van der Waals surface area contributed by atoms with E-state index in [-0.39, 0.29) is 0 Å². The van der Waals surface area contributed by atoms with Gasteiger partial charge in [0.25, 0.3) is 0 Å². The van der Waals surface area contributed by atoms with Gasteiger partial charge in [0, 0.05) is 18.7 Å². The molecule has 1 rings (SSSR count). The lowest BCUT2D eigenvalue weighted by molar-refractivity contribution is 0.0374. The number of benzene rings is 1. The van der Waals surface area contributed by atoms with Crippen molar-refractivity contribution < 1.29 is 19.0 Å². The van der Waals surface area contributed by atoms with Crippen LogP contribution < -0.4 is 14.8 Å². The van der Waals surface area contributed by atoms with E-state index in [1.54, 1.807) is 34.1 Å². The van der Waals surface area contributed by atoms with Crippen LogP contribution in [0.25, 0.3) is 0 Å². The Kier molecular flexibility index (Phi) is 4.42. The molecule has 5 heteroatoms. The molecule has 0 saturated heterocycles. The Morgan fingerprint density at radius 2 is 1.61 bits per heavy atom. The number of ether oxygens (including phenoxy) is 3. The summed E-state index contributed by atoms with van der Waals surface area (Å²) in [6.07, 6.45) is -0.484. The lowest BCUT2D eigenvalue weighted by Crippen LogP contribution is -2.31. The van der Waals surface area contributed by atoms with E-state index in [0.717, 1.165) is 5.56 Å². The van der Waals surface area contributed by atoms with Gasteiger partial charge in [0.15, 0.2) is 0 Å². The smallest absolute Gasteiger partial charge is 0.407 e. The highest BCUT2D eigenvalue weighted by molar-refractivity contribution is 5.67. The van der Waals surface area contributed by atoms with Crippen LogP contribution in [0.4, 0.5) is 4.79 Å². The van der Waals surface area contributed by atoms with Crippen LogP contribution in [0.5, 0.6) is 11.5 Å². The second-order valence-corrected chi connectivity index (χ2v) is 4.25. The Balaban J connectivity index is 3.09. The van der Waals surface area contributed by atoms with Gasteiger partial charge in [-0.05, 0) is 26.0 Å². The van der Waals surface area contributed by atoms with Gasteiger partial charge in [-0.1, -0.05) is 0 Å². The molecule has 1 aromatic rings. The molecule has 100 valence electrons. The molecule has 0 radical (unpaired) electrons. The van der Waals surface area contributed by atoms with Crippen LogP contribution >= 0.6 is 0 Å². The molecule has 0 unspecified atom stereocenters. The molecule has 1 amide bonds. The lowest BCUT2D eigenvalue weighted by atomic mass is 9.97. The third kappa shape index (κ3) is 3.29. The van der Waals surface area contributed by atoms with Gasteiger partial charge in [-0.2, -0.15) is 0 Å². The Bertz CT molecular complexity index is 407. The third-order valence-electron chi connectivity index (χ3n) is 2.60. The van der Waals surface area contributed by atoms with E-state index in [0.29, 0.717) is 11.5 Å². The summed E-state index contributed by atoms with van der Waals surface area (Å²) in [4.78, 5) is 11.3. The van der Waals surface area contributed by atoms with Crippen molar-refractivity contribution >= 4 is 6.09 Å². The first-order valence-corrected chi connectivity index (χ1v) is 5.57. The monoisotopic (exact) mass is 253 g/mol. The zero-order chi connectivity index (χ0) is 13.8. The molecule has 0 aliphatic carbocycles. The number of methoxy groups -OCH3 is 2. The zero-order valence-corrected chi connectivity index (χ0v) is 11.4. The fraction of sp³-hybridized carbons (Fsp3) is 0.462. The Labute approximate surface area is 107 Å². The summed E-state index contributed by atoms with van der Waals surface area (Å²) < 4.78 is 15.7. The van der Waals surface area contributed by atoms with Gasteiger partial charge >= 0.3 is 6.09 Å². The molecule has 0 aliphatic rings. The maximum absolute atomic E-state index is 11.3. The van der Waals surface area contributed by atoms with Crippen molar-refractivity contribution in [1.29, 1.82) is 0 Å². The van der Waals surface area contributed by atoms with Crippen LogP contribution in [-0.4, -0.2) is 27.4 Å². The van der Waals surface area contributed by atoms with E-state index in [1.807, 2.05) is 12.1 Å². The molecule has 0 fully saturated rings. The van der Waals surface area contributed by atoms with E-state index in [4.69, 9.17) is 14.2 Å². The fourth-order valence-electron chi connectivity index (χ4n) is 1.50. The minimum atomic E-state index is -0.776. The summed E-state index contributed by atoms with van der Waals surface area (Å²) >= 11 is 0. The van der Waals surface area contributed by atoms with Crippen molar-refractivity contribution in [2.24, 2.45) is 0 Å². The number of hydrogen-bond acceptors (Lipinski definition) is 4. The first-order valence-electron chi connectivity index (χ1n) is 5.57. The quantitative estimate of drug-likeness (QED) is 0.894. The highest BCUT2D eigenvalue weighted by Gasteiger charge is 2.26. The van der Waals surface area contributed by atoms with E-state index >= 15 is 0 Å². The van der Waals surface area contributed by atoms with Crippen molar-refractivity contribution in [2.45, 2.75) is 19.4 Å². The summed E-state index contributed by atoms with van der Waals surface area (Å²) in [5, 5.41) is 2.42. The van der Waals surface area contributed by atoms with Gasteiger partial charge in [0.1, 0.15) is 17.1 Å². The van der Waals surface area contributed by atoms with E-state index in [1.165, 1.54) is 7.05 Å². The molecule has 0 atom stereocenters. The van der Waals surface area contributed by atoms with Crippen LogP contribution in [0, 0.1) is 0 Å². The topological polar surface area (TPSA) is 56.8 Å². The molecule has 0 aliphatic heterocycles. The molecular formula is C13H19NO4. The van der Waals surface area contributed by atoms with Gasteiger partial charge in [-0.3, -0.25) is 0 Å². The number of amides is 1. The summed E-state index contributed by atoms with van der Waals surface area (Å²) in [6.45, 7) is 3.60. The minimum Gasteiger partial charge on any atom is -0.497 e. The molecule has 0 bridgehead atoms. The van der Waals surface area contributed by atoms with Crippen molar-refractivity contribution in [3.8, 4) is 11.5 Å². The van der Waals surface area contributed by atoms with Gasteiger partial charge in [0.2, 0.25) is 0 Å². The second kappa shape index (κ2) is 5.62. The first-order chi connectivity index (χ1) is 8.42. The van der Waals surface area contributed by atoms with E-state index < -0.39 is 11.7 Å². The SMILES string of the molecule is CNC(=O)OC(C)(C)c1cc(OC)cc(OC)c1. The second-order valence-electron chi connectivity index (χ2n) is 4.25. The Morgan fingerprint density at radius 1 is 1.11 bits per heavy atom. The standard InChI is InChI=1S/C13H19NO4/c1-13(2,18-12(15)14-3)9-6-10(16-4)8-11(7-9)17-5/h6-8H,1-5H3,(H,14,15). The lowest BCUT2D eigenvalue weighted by Gasteiger charge is -2.26. The van der Waals surface area contributed by atoms with E-state index in [9.17, 15) is 4.79 Å². The van der Waals surface area contributed by atoms with Crippen LogP contribution in [0.1, 0.15) is 19.4 Å². The fourth-order valence-corrected chi connectivity index (χ4v) is 1.50. The minimum absolute atomic E-state index is 0.484. The highest BCUT2D eigenvalue weighted by atomic mass is 16.6. The van der Waals surface area contributed by atoms with Crippen LogP contribution in [0.15, 0.2) is 18.2 Å². The Hall–Kier alpha value is -1.91. The maximum Gasteiger partial charge on any atom is 0.407 e. The van der Waals surface area contributed by atoms with Crippen molar-refractivity contribution in [1.82, 2.24) is 5.32 Å². The predicted molar refractivity (Wildman–Crippen MR) is 68.1 cm³/mol. The molecule has 5 nitrogen and oxygen atoms in total. The number of rotatable bonds is 4. The van der Waals surface area contributed by atoms with Gasteiger partial charge in [0.05, 0.1) is 14.2 Å². The summed E-state index contributed by atoms with van der Waals surface area (Å²) in [5.41, 5.74) is 0.0179. The summed E-state index contributed by atoms with van der Waals surface area (Å²) in [7, 11) is 4.67. The molecule has 1 N–H and O–H groups in total. The molecule has 0 spiro atoms. The van der Waals surface area contributed by atoms with Crippen molar-refractivity contribution in [3.63, 3.8) is 0 Å². The van der Waals surface area contributed by atoms with Crippen LogP contribution in [0.2, 0.25) is 0 Å². The van der Waals surface area contributed by atoms with Crippen LogP contribution in [0.3, 0.4) is 0 Å². The highest BCUT2D eigenvalue weighted by Crippen LogP contribution is 2.31. The summed E-state index contributed by atoms with van der Waals surface area (Å²) in [5.74, 6) is 1.30. The van der Waals surface area contributed by atoms with Crippen molar-refractivity contribution in [3.05, 3.63) is 23.8 Å². The largest absolute Gasteiger partial charge is 0.497 e. The van der Waals surface area contributed by atoms with Gasteiger partial charge in [-0.25, -0.2) is 4.79 Å². The Morgan fingerprint density at radius 3 is 2.00 bits per heavy atom. The van der Waals surface area contributed by atoms with Crippen molar-refractivity contribution in [2.75, 3.05) is 21.3 Å². The number of nitrogens with one attached hydrogen (secondary N) is 1. The number of hydrogen-bond donors (Lipinski definition) is 1. The third-order valence-corrected chi connectivity index (χ3v) is 2.60. The predicted octanol–water partition coefficient (Wildman–Crippen LogP) is 2.29. The molecule has 18 heavy (non-hydrogen) atoms. The maximum atomic E-state index is 11.3. The number of carbonyl (C=O) groups is 1. The van der Waals surface area contributed by atoms with Crippen LogP contribution in [-0.2, 0) is 10.3 Å². The van der Waals surface area contributed by atoms with E-state index in [2.05, 4.69) is 5.32 Å². The average Bonchev–Trinajstić information content (AvgIpc) is 2.37. The number of carbonyl (C=O) groups excluding carboxylic acids is 1. The number of alkyl carbamates (subject to hydrolysis) is 1. The molecule has 0 saturated carbocycles. The first kappa shape index (κ1) is 14.2. The summed E-state index contributed by atoms with van der Waals surface area (Å²) in [6, 6.07) is 5.39. The molecule has 0 aromatic heterocycles.